The molecule has 2 unspecified atom stereocenters. The average molecular weight is 274 g/mol. The Kier molecular flexibility index (Phi) is 4.98. The highest BCUT2D eigenvalue weighted by Crippen LogP contribution is 2.36. The number of methoxy groups -OCH3 is 1. The lowest BCUT2D eigenvalue weighted by Crippen LogP contribution is -2.45. The molecule has 0 amide bonds. The van der Waals surface area contributed by atoms with Crippen LogP contribution in [0.3, 0.4) is 0 Å². The zero-order chi connectivity index (χ0) is 14.6. The molecule has 1 aromatic rings. The SMILES string of the molecule is CCc1ccc(CC(=O)C2(OC)CCCC(C)C2)cc1. The second-order valence-corrected chi connectivity index (χ2v) is 6.17. The highest BCUT2D eigenvalue weighted by Gasteiger charge is 2.41. The Labute approximate surface area is 122 Å². The van der Waals surface area contributed by atoms with Crippen LogP contribution in [-0.4, -0.2) is 18.5 Å². The molecule has 1 saturated carbocycles. The summed E-state index contributed by atoms with van der Waals surface area (Å²) in [5.74, 6) is 0.825. The molecule has 1 fully saturated rings. The smallest absolute Gasteiger partial charge is 0.168 e. The normalized spacial score (nSPS) is 26.4. The number of hydrogen-bond donors (Lipinski definition) is 0. The summed E-state index contributed by atoms with van der Waals surface area (Å²) < 4.78 is 5.68. The Morgan fingerprint density at radius 2 is 1.95 bits per heavy atom. The van der Waals surface area contributed by atoms with Crippen LogP contribution >= 0.6 is 0 Å². The highest BCUT2D eigenvalue weighted by atomic mass is 16.5. The van der Waals surface area contributed by atoms with Crippen molar-refractivity contribution in [3.05, 3.63) is 35.4 Å². The van der Waals surface area contributed by atoms with Crippen molar-refractivity contribution in [2.24, 2.45) is 5.92 Å². The minimum Gasteiger partial charge on any atom is -0.370 e. The van der Waals surface area contributed by atoms with E-state index >= 15 is 0 Å². The van der Waals surface area contributed by atoms with Crippen molar-refractivity contribution in [1.82, 2.24) is 0 Å². The third kappa shape index (κ3) is 3.29. The van der Waals surface area contributed by atoms with E-state index in [-0.39, 0.29) is 5.78 Å². The summed E-state index contributed by atoms with van der Waals surface area (Å²) in [6.07, 6.45) is 5.58. The second kappa shape index (κ2) is 6.53. The molecule has 2 rings (SSSR count). The van der Waals surface area contributed by atoms with Gasteiger partial charge in [-0.25, -0.2) is 0 Å². The molecule has 2 heteroatoms. The van der Waals surface area contributed by atoms with Crippen LogP contribution in [0.25, 0.3) is 0 Å². The van der Waals surface area contributed by atoms with Crippen molar-refractivity contribution >= 4 is 5.78 Å². The fourth-order valence-corrected chi connectivity index (χ4v) is 3.29. The Bertz CT molecular complexity index is 449. The molecule has 0 saturated heterocycles. The van der Waals surface area contributed by atoms with E-state index in [1.54, 1.807) is 7.11 Å². The Balaban J connectivity index is 2.08. The molecule has 0 heterocycles. The van der Waals surface area contributed by atoms with Crippen LogP contribution in [0, 0.1) is 5.92 Å². The van der Waals surface area contributed by atoms with Crippen molar-refractivity contribution in [1.29, 1.82) is 0 Å². The Hall–Kier alpha value is -1.15. The first-order chi connectivity index (χ1) is 9.59. The monoisotopic (exact) mass is 274 g/mol. The lowest BCUT2D eigenvalue weighted by atomic mass is 9.75. The van der Waals surface area contributed by atoms with Gasteiger partial charge in [0.1, 0.15) is 5.60 Å². The largest absolute Gasteiger partial charge is 0.370 e. The molecule has 0 spiro atoms. The fraction of sp³-hybridized carbons (Fsp3) is 0.611. The molecule has 1 aliphatic carbocycles. The van der Waals surface area contributed by atoms with Gasteiger partial charge < -0.3 is 4.74 Å². The second-order valence-electron chi connectivity index (χ2n) is 6.17. The first-order valence-corrected chi connectivity index (χ1v) is 7.76. The summed E-state index contributed by atoms with van der Waals surface area (Å²) in [5.41, 5.74) is 1.87. The predicted molar refractivity (Wildman–Crippen MR) is 81.9 cm³/mol. The number of carbonyl (C=O) groups is 1. The Morgan fingerprint density at radius 3 is 2.50 bits per heavy atom. The van der Waals surface area contributed by atoms with Gasteiger partial charge in [0.05, 0.1) is 0 Å². The van der Waals surface area contributed by atoms with E-state index in [4.69, 9.17) is 4.74 Å². The molecule has 0 aliphatic heterocycles. The minimum atomic E-state index is -0.541. The van der Waals surface area contributed by atoms with Crippen molar-refractivity contribution in [3.8, 4) is 0 Å². The zero-order valence-electron chi connectivity index (χ0n) is 12.9. The van der Waals surface area contributed by atoms with Crippen LogP contribution < -0.4 is 0 Å². The molecule has 0 N–H and O–H groups in total. The average Bonchev–Trinajstić information content (AvgIpc) is 2.47. The van der Waals surface area contributed by atoms with Crippen LogP contribution in [-0.2, 0) is 22.4 Å². The summed E-state index contributed by atoms with van der Waals surface area (Å²) in [7, 11) is 1.69. The highest BCUT2D eigenvalue weighted by molar-refractivity contribution is 5.89. The number of ether oxygens (including phenoxy) is 1. The van der Waals surface area contributed by atoms with Crippen LogP contribution in [0.15, 0.2) is 24.3 Å². The van der Waals surface area contributed by atoms with Gasteiger partial charge in [0, 0.05) is 13.5 Å². The number of Topliss-reactive ketones (excluding diaryl/α,β-unsaturated/α-hetero) is 1. The van der Waals surface area contributed by atoms with E-state index in [2.05, 4.69) is 38.1 Å². The number of aryl methyl sites for hydroxylation is 1. The molecule has 2 atom stereocenters. The maximum Gasteiger partial charge on any atom is 0.168 e. The van der Waals surface area contributed by atoms with Crippen LogP contribution in [0.1, 0.15) is 50.7 Å². The molecule has 20 heavy (non-hydrogen) atoms. The van der Waals surface area contributed by atoms with Crippen LogP contribution in [0.5, 0.6) is 0 Å². The molecule has 0 aromatic heterocycles. The van der Waals surface area contributed by atoms with Gasteiger partial charge in [0.25, 0.3) is 0 Å². The maximum absolute atomic E-state index is 12.7. The lowest BCUT2D eigenvalue weighted by Gasteiger charge is -2.37. The summed E-state index contributed by atoms with van der Waals surface area (Å²) >= 11 is 0. The maximum atomic E-state index is 12.7. The number of rotatable bonds is 5. The summed E-state index contributed by atoms with van der Waals surface area (Å²) in [6, 6.07) is 8.38. The fourth-order valence-electron chi connectivity index (χ4n) is 3.29. The molecular formula is C18H26O2. The van der Waals surface area contributed by atoms with Gasteiger partial charge in [-0.05, 0) is 42.7 Å². The van der Waals surface area contributed by atoms with Crippen LogP contribution in [0.2, 0.25) is 0 Å². The third-order valence-electron chi connectivity index (χ3n) is 4.65. The standard InChI is InChI=1S/C18H26O2/c1-4-15-7-9-16(10-8-15)12-17(19)18(20-3)11-5-6-14(2)13-18/h7-10,14H,4-6,11-13H2,1-3H3. The van der Waals surface area contributed by atoms with Gasteiger partial charge >= 0.3 is 0 Å². The predicted octanol–water partition coefficient (Wildman–Crippen LogP) is 3.96. The molecule has 1 aromatic carbocycles. The summed E-state index contributed by atoms with van der Waals surface area (Å²) in [6.45, 7) is 4.36. The van der Waals surface area contributed by atoms with Gasteiger partial charge in [-0.15, -0.1) is 0 Å². The van der Waals surface area contributed by atoms with E-state index in [9.17, 15) is 4.79 Å². The van der Waals surface area contributed by atoms with Crippen molar-refractivity contribution in [2.45, 2.75) is 58.0 Å². The van der Waals surface area contributed by atoms with E-state index in [0.717, 1.165) is 31.2 Å². The molecule has 2 nitrogen and oxygen atoms in total. The minimum absolute atomic E-state index is 0.246. The Morgan fingerprint density at radius 1 is 1.30 bits per heavy atom. The molecule has 1 aliphatic rings. The van der Waals surface area contributed by atoms with Crippen LogP contribution in [0.4, 0.5) is 0 Å². The van der Waals surface area contributed by atoms with Gasteiger partial charge in [0.15, 0.2) is 5.78 Å². The lowest BCUT2D eigenvalue weighted by molar-refractivity contribution is -0.146. The van der Waals surface area contributed by atoms with Crippen molar-refractivity contribution in [3.63, 3.8) is 0 Å². The van der Waals surface area contributed by atoms with Gasteiger partial charge in [-0.3, -0.25) is 4.79 Å². The van der Waals surface area contributed by atoms with E-state index < -0.39 is 5.60 Å². The summed E-state index contributed by atoms with van der Waals surface area (Å²) in [4.78, 5) is 12.7. The van der Waals surface area contributed by atoms with Crippen molar-refractivity contribution in [2.75, 3.05) is 7.11 Å². The van der Waals surface area contributed by atoms with E-state index in [1.807, 2.05) is 0 Å². The van der Waals surface area contributed by atoms with Gasteiger partial charge in [-0.2, -0.15) is 0 Å². The molecule has 110 valence electrons. The number of benzene rings is 1. The quantitative estimate of drug-likeness (QED) is 0.812. The first kappa shape index (κ1) is 15.2. The van der Waals surface area contributed by atoms with E-state index in [0.29, 0.717) is 12.3 Å². The third-order valence-corrected chi connectivity index (χ3v) is 4.65. The molecule has 0 radical (unpaired) electrons. The number of ketones is 1. The summed E-state index contributed by atoms with van der Waals surface area (Å²) in [5, 5.41) is 0. The van der Waals surface area contributed by atoms with Crippen molar-refractivity contribution < 1.29 is 9.53 Å². The number of carbonyl (C=O) groups excluding carboxylic acids is 1. The van der Waals surface area contributed by atoms with E-state index in [1.165, 1.54) is 12.0 Å². The first-order valence-electron chi connectivity index (χ1n) is 7.76. The molecular weight excluding hydrogens is 248 g/mol. The van der Waals surface area contributed by atoms with Gasteiger partial charge in [-0.1, -0.05) is 44.5 Å². The zero-order valence-corrected chi connectivity index (χ0v) is 12.9. The molecule has 0 bridgehead atoms. The topological polar surface area (TPSA) is 26.3 Å². The van der Waals surface area contributed by atoms with Gasteiger partial charge in [0.2, 0.25) is 0 Å². The number of hydrogen-bond acceptors (Lipinski definition) is 2.